The van der Waals surface area contributed by atoms with Crippen LogP contribution in [-0.2, 0) is 12.8 Å². The molecule has 4 aromatic rings. The molecule has 0 bridgehead atoms. The maximum atomic E-state index is 12.6. The van der Waals surface area contributed by atoms with E-state index in [1.165, 1.54) is 0 Å². The summed E-state index contributed by atoms with van der Waals surface area (Å²) >= 11 is 0. The number of nitrogens with one attached hydrogen (secondary N) is 2. The highest BCUT2D eigenvalue weighted by atomic mass is 16.5. The van der Waals surface area contributed by atoms with Crippen LogP contribution in [0.5, 0.6) is 5.75 Å². The quantitative estimate of drug-likeness (QED) is 0.564. The smallest absolute Gasteiger partial charge is 0.271 e. The lowest BCUT2D eigenvalue weighted by atomic mass is 9.94. The van der Waals surface area contributed by atoms with Crippen molar-refractivity contribution in [3.05, 3.63) is 83.3 Å². The molecular formula is C22H21N5O2. The zero-order valence-electron chi connectivity index (χ0n) is 16.1. The molecule has 29 heavy (non-hydrogen) atoms. The molecule has 7 heteroatoms. The number of methoxy groups -OCH3 is 1. The summed E-state index contributed by atoms with van der Waals surface area (Å²) in [5, 5.41) is 3.01. The van der Waals surface area contributed by atoms with E-state index in [1.54, 1.807) is 7.11 Å². The number of ether oxygens (including phenoxy) is 1. The van der Waals surface area contributed by atoms with Gasteiger partial charge in [0.1, 0.15) is 22.9 Å². The van der Waals surface area contributed by atoms with E-state index >= 15 is 0 Å². The second kappa shape index (κ2) is 7.09. The van der Waals surface area contributed by atoms with Gasteiger partial charge in [0.25, 0.3) is 5.91 Å². The molecule has 1 aromatic carbocycles. The fourth-order valence-corrected chi connectivity index (χ4v) is 3.92. The minimum Gasteiger partial charge on any atom is -0.497 e. The summed E-state index contributed by atoms with van der Waals surface area (Å²) in [7, 11) is 1.66. The molecule has 0 fully saturated rings. The summed E-state index contributed by atoms with van der Waals surface area (Å²) in [5.74, 6) is 1.60. The molecule has 1 amide bonds. The highest BCUT2D eigenvalue weighted by molar-refractivity contribution is 5.94. The van der Waals surface area contributed by atoms with Gasteiger partial charge in [-0.15, -0.1) is 0 Å². The van der Waals surface area contributed by atoms with Gasteiger partial charge in [-0.3, -0.25) is 4.79 Å². The number of carbonyl (C=O) groups excluding carboxylic acids is 1. The molecule has 0 spiro atoms. The number of aromatic amines is 1. The summed E-state index contributed by atoms with van der Waals surface area (Å²) in [6.07, 6.45) is 5.12. The first kappa shape index (κ1) is 17.5. The third-order valence-corrected chi connectivity index (χ3v) is 5.41. The van der Waals surface area contributed by atoms with Crippen molar-refractivity contribution in [3.63, 3.8) is 0 Å². The summed E-state index contributed by atoms with van der Waals surface area (Å²) in [6.45, 7) is 0.568. The Labute approximate surface area is 167 Å². The Morgan fingerprint density at radius 2 is 2.17 bits per heavy atom. The lowest BCUT2D eigenvalue weighted by molar-refractivity contribution is 0.0950. The van der Waals surface area contributed by atoms with E-state index in [0.29, 0.717) is 25.1 Å². The van der Waals surface area contributed by atoms with Gasteiger partial charge in [-0.05, 0) is 36.2 Å². The largest absolute Gasteiger partial charge is 0.497 e. The van der Waals surface area contributed by atoms with E-state index in [9.17, 15) is 4.79 Å². The average Bonchev–Trinajstić information content (AvgIpc) is 3.31. The van der Waals surface area contributed by atoms with Crippen LogP contribution in [0.25, 0.3) is 5.65 Å². The topological polar surface area (TPSA) is 84.3 Å². The van der Waals surface area contributed by atoms with Gasteiger partial charge in [0.15, 0.2) is 0 Å². The molecule has 1 unspecified atom stereocenters. The highest BCUT2D eigenvalue weighted by Gasteiger charge is 2.26. The van der Waals surface area contributed by atoms with Crippen LogP contribution in [0.2, 0.25) is 0 Å². The zero-order valence-corrected chi connectivity index (χ0v) is 16.1. The number of aromatic nitrogens is 4. The van der Waals surface area contributed by atoms with Crippen molar-refractivity contribution in [2.75, 3.05) is 13.7 Å². The molecule has 1 atom stereocenters. The van der Waals surface area contributed by atoms with Crippen LogP contribution >= 0.6 is 0 Å². The average molecular weight is 387 g/mol. The molecule has 146 valence electrons. The number of imidazole rings is 2. The van der Waals surface area contributed by atoms with Crippen LogP contribution in [0.15, 0.2) is 54.9 Å². The van der Waals surface area contributed by atoms with Gasteiger partial charge in [-0.25, -0.2) is 9.97 Å². The zero-order chi connectivity index (χ0) is 19.8. The minimum absolute atomic E-state index is 0.133. The van der Waals surface area contributed by atoms with E-state index in [1.807, 2.05) is 53.2 Å². The fourth-order valence-electron chi connectivity index (χ4n) is 3.92. The monoisotopic (exact) mass is 387 g/mol. The Balaban J connectivity index is 1.44. The summed E-state index contributed by atoms with van der Waals surface area (Å²) in [4.78, 5) is 25.0. The molecule has 7 nitrogen and oxygen atoms in total. The van der Waals surface area contributed by atoms with Crippen LogP contribution in [0.4, 0.5) is 0 Å². The van der Waals surface area contributed by atoms with Crippen molar-refractivity contribution in [2.24, 2.45) is 0 Å². The first-order valence-corrected chi connectivity index (χ1v) is 9.62. The molecular weight excluding hydrogens is 366 g/mol. The molecule has 3 aromatic heterocycles. The minimum atomic E-state index is -0.133. The fraction of sp³-hybridized carbons (Fsp3) is 0.227. The van der Waals surface area contributed by atoms with Gasteiger partial charge in [-0.1, -0.05) is 18.2 Å². The van der Waals surface area contributed by atoms with E-state index in [-0.39, 0.29) is 11.8 Å². The number of nitrogens with zero attached hydrogens (tertiary/aromatic N) is 3. The standard InChI is InChI=1S/C22H21N5O2/c1-29-17-6-4-5-14(9-17)15-10-18-21(22(28)24-12-15)26-19(25-18)11-16-13-23-20-7-2-3-8-27(16)20/h2-9,13,15H,10-12H2,1H3,(H,24,28)(H,25,26). The van der Waals surface area contributed by atoms with Gasteiger partial charge in [0.05, 0.1) is 7.11 Å². The molecule has 1 aliphatic rings. The van der Waals surface area contributed by atoms with Gasteiger partial charge >= 0.3 is 0 Å². The maximum Gasteiger partial charge on any atom is 0.271 e. The van der Waals surface area contributed by atoms with Gasteiger partial charge in [0.2, 0.25) is 0 Å². The summed E-state index contributed by atoms with van der Waals surface area (Å²) < 4.78 is 7.38. The van der Waals surface area contributed by atoms with Gasteiger partial charge in [0, 0.05) is 42.7 Å². The third-order valence-electron chi connectivity index (χ3n) is 5.41. The Kier molecular flexibility index (Phi) is 4.27. The van der Waals surface area contributed by atoms with Crippen LogP contribution in [0.3, 0.4) is 0 Å². The van der Waals surface area contributed by atoms with Crippen LogP contribution in [0.1, 0.15) is 39.2 Å². The lowest BCUT2D eigenvalue weighted by Crippen LogP contribution is -2.26. The number of benzene rings is 1. The number of fused-ring (bicyclic) bond motifs is 2. The van der Waals surface area contributed by atoms with E-state index < -0.39 is 0 Å². The molecule has 2 N–H and O–H groups in total. The van der Waals surface area contributed by atoms with Crippen molar-refractivity contribution < 1.29 is 9.53 Å². The molecule has 1 aliphatic heterocycles. The molecule has 0 radical (unpaired) electrons. The SMILES string of the molecule is COc1cccc(C2CNC(=O)c3nc(Cc4cnc5ccccn45)[nH]c3C2)c1. The number of rotatable bonds is 4. The number of pyridine rings is 1. The Morgan fingerprint density at radius 3 is 3.07 bits per heavy atom. The van der Waals surface area contributed by atoms with Crippen molar-refractivity contribution in [2.45, 2.75) is 18.8 Å². The Morgan fingerprint density at radius 1 is 1.24 bits per heavy atom. The van der Waals surface area contributed by atoms with Crippen LogP contribution in [0, 0.1) is 0 Å². The number of carbonyl (C=O) groups is 1. The normalized spacial score (nSPS) is 16.3. The second-order valence-electron chi connectivity index (χ2n) is 7.25. The van der Waals surface area contributed by atoms with Crippen LogP contribution < -0.4 is 10.1 Å². The highest BCUT2D eigenvalue weighted by Crippen LogP contribution is 2.27. The number of amides is 1. The lowest BCUT2D eigenvalue weighted by Gasteiger charge is -2.15. The predicted octanol–water partition coefficient (Wildman–Crippen LogP) is 2.73. The number of H-pyrrole nitrogens is 1. The molecule has 5 rings (SSSR count). The third kappa shape index (κ3) is 3.24. The summed E-state index contributed by atoms with van der Waals surface area (Å²) in [6, 6.07) is 13.9. The van der Waals surface area contributed by atoms with E-state index in [2.05, 4.69) is 26.3 Å². The molecule has 4 heterocycles. The predicted molar refractivity (Wildman–Crippen MR) is 108 cm³/mol. The Bertz CT molecular complexity index is 1190. The second-order valence-corrected chi connectivity index (χ2v) is 7.25. The molecule has 0 aliphatic carbocycles. The van der Waals surface area contributed by atoms with Crippen molar-refractivity contribution in [3.8, 4) is 5.75 Å². The van der Waals surface area contributed by atoms with E-state index in [4.69, 9.17) is 4.74 Å². The maximum absolute atomic E-state index is 12.6. The number of hydrogen-bond donors (Lipinski definition) is 2. The van der Waals surface area contributed by atoms with Crippen molar-refractivity contribution >= 4 is 11.6 Å². The van der Waals surface area contributed by atoms with Crippen molar-refractivity contribution in [1.29, 1.82) is 0 Å². The molecule has 0 saturated carbocycles. The van der Waals surface area contributed by atoms with E-state index in [0.717, 1.165) is 34.2 Å². The first-order chi connectivity index (χ1) is 14.2. The van der Waals surface area contributed by atoms with Crippen LogP contribution in [-0.4, -0.2) is 38.9 Å². The number of hydrogen-bond acceptors (Lipinski definition) is 4. The Hall–Kier alpha value is -3.61. The summed E-state index contributed by atoms with van der Waals surface area (Å²) in [5.41, 5.74) is 4.41. The van der Waals surface area contributed by atoms with Gasteiger partial charge in [-0.2, -0.15) is 0 Å². The van der Waals surface area contributed by atoms with Crippen molar-refractivity contribution in [1.82, 2.24) is 24.7 Å². The molecule has 0 saturated heterocycles. The van der Waals surface area contributed by atoms with Gasteiger partial charge < -0.3 is 19.4 Å². The first-order valence-electron chi connectivity index (χ1n) is 9.62.